The molecule has 1 N–H and O–H groups in total. The predicted molar refractivity (Wildman–Crippen MR) is 105 cm³/mol. The summed E-state index contributed by atoms with van der Waals surface area (Å²) in [6, 6.07) is 4.60. The van der Waals surface area contributed by atoms with Gasteiger partial charge in [-0.25, -0.2) is 9.18 Å². The van der Waals surface area contributed by atoms with Crippen LogP contribution in [0.25, 0.3) is 0 Å². The van der Waals surface area contributed by atoms with Crippen LogP contribution in [0.4, 0.5) is 9.18 Å². The summed E-state index contributed by atoms with van der Waals surface area (Å²) in [7, 11) is 0. The Labute approximate surface area is 166 Å². The van der Waals surface area contributed by atoms with Gasteiger partial charge in [-0.2, -0.15) is 0 Å². The second-order valence-corrected chi connectivity index (χ2v) is 8.59. The first-order valence-electron chi connectivity index (χ1n) is 10.7. The van der Waals surface area contributed by atoms with Gasteiger partial charge in [-0.3, -0.25) is 0 Å². The van der Waals surface area contributed by atoms with Crippen molar-refractivity contribution in [1.29, 1.82) is 0 Å². The number of hydrogen-bond donors (Lipinski definition) is 1. The number of amides is 2. The van der Waals surface area contributed by atoms with E-state index in [-0.39, 0.29) is 17.9 Å². The van der Waals surface area contributed by atoms with E-state index in [1.54, 1.807) is 6.07 Å². The zero-order valence-corrected chi connectivity index (χ0v) is 16.7. The van der Waals surface area contributed by atoms with Gasteiger partial charge in [-0.05, 0) is 49.3 Å². The first-order valence-corrected chi connectivity index (χ1v) is 10.7. The number of hydrogen-bond acceptors (Lipinski definition) is 3. The normalized spacial score (nSPS) is 24.2. The van der Waals surface area contributed by atoms with Gasteiger partial charge in [-0.15, -0.1) is 0 Å². The van der Waals surface area contributed by atoms with Crippen LogP contribution in [0.2, 0.25) is 0 Å². The molecule has 28 heavy (non-hydrogen) atoms. The minimum Gasteiger partial charge on any atom is -0.490 e. The van der Waals surface area contributed by atoms with Gasteiger partial charge in [-0.1, -0.05) is 25.3 Å². The van der Waals surface area contributed by atoms with Crippen LogP contribution in [-0.4, -0.2) is 43.8 Å². The highest BCUT2D eigenvalue weighted by Crippen LogP contribution is 2.35. The van der Waals surface area contributed by atoms with E-state index in [0.29, 0.717) is 43.3 Å². The fourth-order valence-corrected chi connectivity index (χ4v) is 3.97. The Kier molecular flexibility index (Phi) is 6.04. The Morgan fingerprint density at radius 3 is 2.82 bits per heavy atom. The van der Waals surface area contributed by atoms with E-state index in [9.17, 15) is 9.18 Å². The number of benzene rings is 1. The Hall–Kier alpha value is -1.82. The number of ether oxygens (including phenoxy) is 2. The van der Waals surface area contributed by atoms with E-state index in [1.807, 2.05) is 17.9 Å². The number of carbonyl (C=O) groups is 1. The number of carbonyl (C=O) groups excluding carboxylic acids is 1. The SMILES string of the molecule is CC(NC(=O)N1CCOCC(C2CCC2)C1)c1ccc(OCC2CC2)c(F)c1. The Balaban J connectivity index is 1.33. The molecule has 2 aliphatic carbocycles. The van der Waals surface area contributed by atoms with E-state index in [2.05, 4.69) is 5.32 Å². The van der Waals surface area contributed by atoms with Crippen LogP contribution >= 0.6 is 0 Å². The number of urea groups is 1. The summed E-state index contributed by atoms with van der Waals surface area (Å²) >= 11 is 0. The molecule has 1 aromatic rings. The monoisotopic (exact) mass is 390 g/mol. The average molecular weight is 390 g/mol. The van der Waals surface area contributed by atoms with E-state index >= 15 is 0 Å². The zero-order chi connectivity index (χ0) is 19.5. The van der Waals surface area contributed by atoms with Crippen molar-refractivity contribution in [1.82, 2.24) is 10.2 Å². The van der Waals surface area contributed by atoms with Crippen LogP contribution in [-0.2, 0) is 4.74 Å². The lowest BCUT2D eigenvalue weighted by atomic mass is 9.76. The summed E-state index contributed by atoms with van der Waals surface area (Å²) in [5, 5.41) is 3.02. The lowest BCUT2D eigenvalue weighted by Crippen LogP contribution is -2.45. The van der Waals surface area contributed by atoms with Crippen LogP contribution in [0.1, 0.15) is 50.6 Å². The van der Waals surface area contributed by atoms with Gasteiger partial charge < -0.3 is 19.7 Å². The van der Waals surface area contributed by atoms with Crippen molar-refractivity contribution >= 4 is 6.03 Å². The minimum atomic E-state index is -0.368. The fraction of sp³-hybridized carbons (Fsp3) is 0.682. The third-order valence-corrected chi connectivity index (χ3v) is 6.36. The molecule has 0 aromatic heterocycles. The second-order valence-electron chi connectivity index (χ2n) is 8.59. The lowest BCUT2D eigenvalue weighted by Gasteiger charge is -2.35. The first kappa shape index (κ1) is 19.5. The van der Waals surface area contributed by atoms with Gasteiger partial charge in [0.15, 0.2) is 11.6 Å². The van der Waals surface area contributed by atoms with E-state index in [1.165, 1.54) is 38.2 Å². The molecule has 4 rings (SSSR count). The smallest absolute Gasteiger partial charge is 0.317 e. The van der Waals surface area contributed by atoms with Gasteiger partial charge in [0.25, 0.3) is 0 Å². The number of rotatable bonds is 6. The highest BCUT2D eigenvalue weighted by molar-refractivity contribution is 5.74. The Morgan fingerprint density at radius 2 is 2.14 bits per heavy atom. The molecule has 1 saturated heterocycles. The summed E-state index contributed by atoms with van der Waals surface area (Å²) in [5.74, 6) is 1.62. The standard InChI is InChI=1S/C22H31FN2O3/c1-15(18-7-8-21(20(23)11-18)28-13-16-5-6-16)24-22(26)25-9-10-27-14-19(12-25)17-3-2-4-17/h7-8,11,15-17,19H,2-6,9-10,12-14H2,1H3,(H,24,26). The molecule has 2 amide bonds. The highest BCUT2D eigenvalue weighted by atomic mass is 19.1. The van der Waals surface area contributed by atoms with Crippen LogP contribution in [0.3, 0.4) is 0 Å². The molecule has 1 aromatic carbocycles. The van der Waals surface area contributed by atoms with Crippen LogP contribution in [0.5, 0.6) is 5.75 Å². The third kappa shape index (κ3) is 4.77. The fourth-order valence-electron chi connectivity index (χ4n) is 3.97. The molecule has 0 spiro atoms. The van der Waals surface area contributed by atoms with Crippen LogP contribution in [0.15, 0.2) is 18.2 Å². The topological polar surface area (TPSA) is 50.8 Å². The zero-order valence-electron chi connectivity index (χ0n) is 16.7. The third-order valence-electron chi connectivity index (χ3n) is 6.36. The van der Waals surface area contributed by atoms with E-state index in [4.69, 9.17) is 9.47 Å². The van der Waals surface area contributed by atoms with Crippen molar-refractivity contribution in [2.45, 2.75) is 45.1 Å². The summed E-state index contributed by atoms with van der Waals surface area (Å²) in [4.78, 5) is 14.6. The molecule has 5 nitrogen and oxygen atoms in total. The molecule has 154 valence electrons. The van der Waals surface area contributed by atoms with Gasteiger partial charge in [0.2, 0.25) is 0 Å². The van der Waals surface area contributed by atoms with Crippen molar-refractivity contribution in [2.75, 3.05) is 32.9 Å². The summed E-state index contributed by atoms with van der Waals surface area (Å²) in [6.45, 7) is 5.14. The van der Waals surface area contributed by atoms with Gasteiger partial charge in [0.05, 0.1) is 25.9 Å². The lowest BCUT2D eigenvalue weighted by molar-refractivity contribution is 0.0775. The predicted octanol–water partition coefficient (Wildman–Crippen LogP) is 4.13. The molecular weight excluding hydrogens is 359 g/mol. The van der Waals surface area contributed by atoms with Gasteiger partial charge in [0, 0.05) is 19.0 Å². The maximum Gasteiger partial charge on any atom is 0.317 e. The number of nitrogens with one attached hydrogen (secondary N) is 1. The summed E-state index contributed by atoms with van der Waals surface area (Å²) < 4.78 is 25.6. The van der Waals surface area contributed by atoms with E-state index in [0.717, 1.165) is 18.7 Å². The van der Waals surface area contributed by atoms with Crippen molar-refractivity contribution in [3.05, 3.63) is 29.6 Å². The second kappa shape index (κ2) is 8.68. The van der Waals surface area contributed by atoms with Gasteiger partial charge in [0.1, 0.15) is 0 Å². The minimum absolute atomic E-state index is 0.100. The largest absolute Gasteiger partial charge is 0.490 e. The summed E-state index contributed by atoms with van der Waals surface area (Å²) in [6.07, 6.45) is 6.12. The molecule has 2 atom stereocenters. The van der Waals surface area contributed by atoms with Crippen LogP contribution in [0, 0.1) is 23.6 Å². The Morgan fingerprint density at radius 1 is 1.32 bits per heavy atom. The number of halogens is 1. The first-order chi connectivity index (χ1) is 13.6. The van der Waals surface area contributed by atoms with Crippen LogP contribution < -0.4 is 10.1 Å². The molecule has 1 heterocycles. The molecule has 0 radical (unpaired) electrons. The van der Waals surface area contributed by atoms with Gasteiger partial charge >= 0.3 is 6.03 Å². The maximum atomic E-state index is 14.3. The van der Waals surface area contributed by atoms with Crippen molar-refractivity contribution in [3.63, 3.8) is 0 Å². The van der Waals surface area contributed by atoms with Crippen molar-refractivity contribution in [2.24, 2.45) is 17.8 Å². The highest BCUT2D eigenvalue weighted by Gasteiger charge is 2.32. The molecule has 0 bridgehead atoms. The molecule has 3 fully saturated rings. The Bertz CT molecular complexity index is 690. The molecule has 3 aliphatic rings. The molecule has 1 aliphatic heterocycles. The maximum absolute atomic E-state index is 14.3. The summed E-state index contributed by atoms with van der Waals surface area (Å²) in [5.41, 5.74) is 0.742. The molecule has 6 heteroatoms. The molecule has 2 unspecified atom stereocenters. The quantitative estimate of drug-likeness (QED) is 0.794. The average Bonchev–Trinajstić information content (AvgIpc) is 3.46. The molecule has 2 saturated carbocycles. The van der Waals surface area contributed by atoms with E-state index < -0.39 is 0 Å². The van der Waals surface area contributed by atoms with Crippen molar-refractivity contribution in [3.8, 4) is 5.75 Å². The van der Waals surface area contributed by atoms with Crippen molar-refractivity contribution < 1.29 is 18.7 Å². The number of nitrogens with zero attached hydrogens (tertiary/aromatic N) is 1. The molecular formula is C22H31FN2O3.